The van der Waals surface area contributed by atoms with Crippen LogP contribution in [0.15, 0.2) is 0 Å². The van der Waals surface area contributed by atoms with Crippen molar-refractivity contribution in [3.8, 4) is 0 Å². The topological polar surface area (TPSA) is 61.8 Å². The Bertz CT molecular complexity index is 316. The maximum absolute atomic E-state index is 10.9. The Morgan fingerprint density at radius 3 is 2.57 bits per heavy atom. The molecule has 0 amide bonds. The lowest BCUT2D eigenvalue weighted by atomic mass is 10.1. The lowest BCUT2D eigenvalue weighted by molar-refractivity contribution is 0.0341. The van der Waals surface area contributed by atoms with E-state index in [-0.39, 0.29) is 16.1 Å². The number of fused-ring (bicyclic) bond motifs is 1. The second kappa shape index (κ2) is 3.85. The molecule has 2 rings (SSSR count). The van der Waals surface area contributed by atoms with E-state index in [4.69, 9.17) is 13.7 Å². The summed E-state index contributed by atoms with van der Waals surface area (Å²) in [6.45, 7) is 0.890. The monoisotopic (exact) mass is 334 g/mol. The fourth-order valence-corrected chi connectivity index (χ4v) is 3.16. The molecule has 2 aliphatic heterocycles. The van der Waals surface area contributed by atoms with Crippen LogP contribution < -0.4 is 0 Å². The van der Waals surface area contributed by atoms with Gasteiger partial charge in [-0.3, -0.25) is 4.18 Å². The summed E-state index contributed by atoms with van der Waals surface area (Å²) < 4.78 is 37.9. The van der Waals surface area contributed by atoms with Gasteiger partial charge in [0.05, 0.1) is 23.4 Å². The molecule has 0 unspecified atom stereocenters. The summed E-state index contributed by atoms with van der Waals surface area (Å²) in [7, 11) is -3.43. The van der Waals surface area contributed by atoms with E-state index in [1.54, 1.807) is 0 Å². The lowest BCUT2D eigenvalue weighted by Crippen LogP contribution is -2.32. The third kappa shape index (κ3) is 2.21. The van der Waals surface area contributed by atoms with Crippen molar-refractivity contribution in [1.82, 2.24) is 0 Å². The number of hydrogen-bond acceptors (Lipinski definition) is 5. The molecule has 82 valence electrons. The van der Waals surface area contributed by atoms with Crippen LogP contribution in [0.5, 0.6) is 0 Å². The summed E-state index contributed by atoms with van der Waals surface area (Å²) in [6.07, 6.45) is 0.306. The van der Waals surface area contributed by atoms with E-state index in [0.29, 0.717) is 13.2 Å². The first kappa shape index (κ1) is 11.1. The van der Waals surface area contributed by atoms with Crippen LogP contribution in [-0.4, -0.2) is 50.1 Å². The predicted octanol–water partition coefficient (Wildman–Crippen LogP) is -0.0676. The molecule has 0 aromatic carbocycles. The first-order valence-corrected chi connectivity index (χ1v) is 7.29. The van der Waals surface area contributed by atoms with E-state index in [2.05, 4.69) is 22.6 Å². The number of halogens is 1. The molecule has 2 heterocycles. The average Bonchev–Trinajstić information content (AvgIpc) is 2.55. The molecule has 14 heavy (non-hydrogen) atoms. The van der Waals surface area contributed by atoms with Gasteiger partial charge in [-0.1, -0.05) is 22.6 Å². The quantitative estimate of drug-likeness (QED) is 0.402. The Morgan fingerprint density at radius 1 is 1.29 bits per heavy atom. The second-order valence-corrected chi connectivity index (χ2v) is 6.65. The molecule has 0 bridgehead atoms. The van der Waals surface area contributed by atoms with E-state index in [9.17, 15) is 8.42 Å². The van der Waals surface area contributed by atoms with Gasteiger partial charge in [-0.05, 0) is 0 Å². The van der Waals surface area contributed by atoms with Gasteiger partial charge in [-0.25, -0.2) is 0 Å². The molecule has 7 heteroatoms. The minimum atomic E-state index is -3.43. The first-order valence-electron chi connectivity index (χ1n) is 4.23. The minimum Gasteiger partial charge on any atom is -0.371 e. The van der Waals surface area contributed by atoms with E-state index in [1.807, 2.05) is 0 Å². The van der Waals surface area contributed by atoms with Crippen molar-refractivity contribution in [1.29, 1.82) is 0 Å². The molecule has 0 aromatic heterocycles. The maximum Gasteiger partial charge on any atom is 0.264 e. The Morgan fingerprint density at radius 2 is 1.93 bits per heavy atom. The molecular formula is C7H11IO5S. The highest BCUT2D eigenvalue weighted by Gasteiger charge is 2.48. The molecule has 5 nitrogen and oxygen atoms in total. The van der Waals surface area contributed by atoms with Crippen LogP contribution in [-0.2, 0) is 23.8 Å². The van der Waals surface area contributed by atoms with Crippen molar-refractivity contribution in [3.63, 3.8) is 0 Å². The highest BCUT2D eigenvalue weighted by molar-refractivity contribution is 14.1. The summed E-state index contributed by atoms with van der Waals surface area (Å²) in [5.74, 6) is 0. The van der Waals surface area contributed by atoms with Gasteiger partial charge in [-0.15, -0.1) is 0 Å². The van der Waals surface area contributed by atoms with Crippen LogP contribution in [0.1, 0.15) is 0 Å². The summed E-state index contributed by atoms with van der Waals surface area (Å²) in [5, 5.41) is 0. The molecule has 2 saturated heterocycles. The minimum absolute atomic E-state index is 0.0256. The van der Waals surface area contributed by atoms with Gasteiger partial charge in [0.2, 0.25) is 0 Å². The molecule has 2 aliphatic rings. The third-order valence-electron chi connectivity index (χ3n) is 2.25. The van der Waals surface area contributed by atoms with Crippen molar-refractivity contribution in [2.45, 2.75) is 22.2 Å². The molecule has 0 radical (unpaired) electrons. The lowest BCUT2D eigenvalue weighted by Gasteiger charge is -2.14. The van der Waals surface area contributed by atoms with Crippen LogP contribution in [0.2, 0.25) is 0 Å². The van der Waals surface area contributed by atoms with Gasteiger partial charge in [-0.2, -0.15) is 8.42 Å². The van der Waals surface area contributed by atoms with Crippen LogP contribution in [0, 0.1) is 0 Å². The Kier molecular flexibility index (Phi) is 3.04. The molecule has 0 N–H and O–H groups in total. The van der Waals surface area contributed by atoms with Gasteiger partial charge >= 0.3 is 0 Å². The van der Waals surface area contributed by atoms with Crippen molar-refractivity contribution in [2.24, 2.45) is 0 Å². The number of alkyl halides is 1. The maximum atomic E-state index is 10.9. The SMILES string of the molecule is CS(=O)(=O)O[C@@H]1CO[C@H]2[C@@H]1OC[C@H]2I. The van der Waals surface area contributed by atoms with Gasteiger partial charge in [0.25, 0.3) is 10.1 Å². The van der Waals surface area contributed by atoms with E-state index >= 15 is 0 Å². The summed E-state index contributed by atoms with van der Waals surface area (Å²) >= 11 is 2.24. The van der Waals surface area contributed by atoms with Gasteiger partial charge in [0.15, 0.2) is 0 Å². The van der Waals surface area contributed by atoms with Crippen LogP contribution in [0.25, 0.3) is 0 Å². The van der Waals surface area contributed by atoms with Gasteiger partial charge < -0.3 is 9.47 Å². The largest absolute Gasteiger partial charge is 0.371 e. The van der Waals surface area contributed by atoms with Crippen molar-refractivity contribution < 1.29 is 22.1 Å². The fraction of sp³-hybridized carbons (Fsp3) is 1.00. The van der Waals surface area contributed by atoms with E-state index < -0.39 is 16.2 Å². The summed E-state index contributed by atoms with van der Waals surface area (Å²) in [4.78, 5) is 0. The summed E-state index contributed by atoms with van der Waals surface area (Å²) in [5.41, 5.74) is 0. The molecule has 0 saturated carbocycles. The Labute approximate surface area is 96.4 Å². The molecule has 0 aromatic rings. The molecule has 2 fully saturated rings. The van der Waals surface area contributed by atoms with Crippen molar-refractivity contribution in [2.75, 3.05) is 19.5 Å². The molecular weight excluding hydrogens is 323 g/mol. The predicted molar refractivity (Wildman–Crippen MR) is 57.0 cm³/mol. The van der Waals surface area contributed by atoms with E-state index in [0.717, 1.165) is 6.26 Å². The Hall–Kier alpha value is 0.560. The first-order chi connectivity index (χ1) is 6.47. The van der Waals surface area contributed by atoms with Gasteiger partial charge in [0, 0.05) is 0 Å². The zero-order valence-electron chi connectivity index (χ0n) is 7.55. The van der Waals surface area contributed by atoms with Crippen LogP contribution in [0.3, 0.4) is 0 Å². The van der Waals surface area contributed by atoms with Crippen molar-refractivity contribution in [3.05, 3.63) is 0 Å². The van der Waals surface area contributed by atoms with Crippen molar-refractivity contribution >= 4 is 32.7 Å². The zero-order chi connectivity index (χ0) is 10.3. The smallest absolute Gasteiger partial charge is 0.264 e. The highest BCUT2D eigenvalue weighted by atomic mass is 127. The zero-order valence-corrected chi connectivity index (χ0v) is 10.5. The normalized spacial score (nSPS) is 42.7. The van der Waals surface area contributed by atoms with Crippen LogP contribution >= 0.6 is 22.6 Å². The van der Waals surface area contributed by atoms with E-state index in [1.165, 1.54) is 0 Å². The average molecular weight is 334 g/mol. The fourth-order valence-electron chi connectivity index (χ4n) is 1.72. The number of hydrogen-bond donors (Lipinski definition) is 0. The molecule has 4 atom stereocenters. The summed E-state index contributed by atoms with van der Waals surface area (Å²) in [6, 6.07) is 0. The second-order valence-electron chi connectivity index (χ2n) is 3.45. The molecule has 0 aliphatic carbocycles. The van der Waals surface area contributed by atoms with Gasteiger partial charge in [0.1, 0.15) is 18.3 Å². The standard InChI is InChI=1S/C7H11IO5S/c1-14(9,10)13-5-3-12-6-4(8)2-11-7(5)6/h4-7H,2-3H2,1H3/t4-,5-,6-,7-/m1/s1. The number of ether oxygens (including phenoxy) is 2. The third-order valence-corrected chi connectivity index (χ3v) is 3.91. The number of rotatable bonds is 2. The Balaban J connectivity index is 2.04. The van der Waals surface area contributed by atoms with Crippen LogP contribution in [0.4, 0.5) is 0 Å². The highest BCUT2D eigenvalue weighted by Crippen LogP contribution is 2.33. The molecule has 0 spiro atoms.